The molecule has 12 aromatic rings. The molecule has 14 rings (SSSR count). The third kappa shape index (κ3) is 4.64. The molecular weight excluding hydrogens is 749 g/mol. The number of hydrogen-bond donors (Lipinski definition) is 0. The highest BCUT2D eigenvalue weighted by molar-refractivity contribution is 6.27. The van der Waals surface area contributed by atoms with Gasteiger partial charge in [0.2, 0.25) is 0 Å². The van der Waals surface area contributed by atoms with Crippen LogP contribution >= 0.6 is 0 Å². The molecule has 2 aliphatic rings. The van der Waals surface area contributed by atoms with Crippen LogP contribution in [-0.2, 0) is 0 Å². The van der Waals surface area contributed by atoms with Gasteiger partial charge in [-0.3, -0.25) is 4.98 Å². The minimum absolute atomic E-state index is 0.860. The predicted octanol–water partition coefficient (Wildman–Crippen LogP) is 16.2. The lowest BCUT2D eigenvalue weighted by Gasteiger charge is -2.20. The molecule has 284 valence electrons. The maximum Gasteiger partial charge on any atom is 0.0894 e. The van der Waals surface area contributed by atoms with Gasteiger partial charge in [0.15, 0.2) is 0 Å². The van der Waals surface area contributed by atoms with Crippen molar-refractivity contribution < 1.29 is 0 Å². The fourth-order valence-electron chi connectivity index (χ4n) is 10.9. The lowest BCUT2D eigenvalue weighted by Crippen LogP contribution is -1.94. The third-order valence-electron chi connectivity index (χ3n) is 13.6. The van der Waals surface area contributed by atoms with E-state index in [0.29, 0.717) is 0 Å². The van der Waals surface area contributed by atoms with Crippen molar-refractivity contribution in [2.45, 2.75) is 0 Å². The van der Waals surface area contributed by atoms with E-state index in [0.717, 1.165) is 22.3 Å². The molecule has 1 aromatic heterocycles. The molecule has 0 spiro atoms. The number of rotatable bonds is 4. The van der Waals surface area contributed by atoms with Crippen LogP contribution in [-0.4, -0.2) is 9.97 Å². The van der Waals surface area contributed by atoms with Crippen molar-refractivity contribution in [3.63, 3.8) is 0 Å². The van der Waals surface area contributed by atoms with Crippen molar-refractivity contribution in [3.8, 4) is 89.1 Å². The van der Waals surface area contributed by atoms with Crippen LogP contribution in [0.5, 0.6) is 0 Å². The minimum atomic E-state index is 0.860. The first-order valence-electron chi connectivity index (χ1n) is 21.4. The zero-order chi connectivity index (χ0) is 40.5. The van der Waals surface area contributed by atoms with Crippen LogP contribution in [0.2, 0.25) is 0 Å². The number of hydrogen-bond acceptors (Lipinski definition) is 2. The van der Waals surface area contributed by atoms with Gasteiger partial charge in [0.05, 0.1) is 22.9 Å². The molecule has 0 atom stereocenters. The van der Waals surface area contributed by atoms with Gasteiger partial charge in [-0.1, -0.05) is 182 Å². The van der Waals surface area contributed by atoms with Gasteiger partial charge in [-0.25, -0.2) is 4.98 Å². The molecule has 11 aromatic carbocycles. The normalized spacial score (nSPS) is 12.2. The molecule has 2 nitrogen and oxygen atoms in total. The summed E-state index contributed by atoms with van der Waals surface area (Å²) < 4.78 is 0. The summed E-state index contributed by atoms with van der Waals surface area (Å²) in [6, 6.07) is 73.8. The largest absolute Gasteiger partial charge is 0.252 e. The molecule has 62 heavy (non-hydrogen) atoms. The molecule has 2 aliphatic carbocycles. The summed E-state index contributed by atoms with van der Waals surface area (Å²) in [6.07, 6.45) is 1.91. The molecule has 0 aliphatic heterocycles. The predicted molar refractivity (Wildman–Crippen MR) is 260 cm³/mol. The van der Waals surface area contributed by atoms with Crippen molar-refractivity contribution in [3.05, 3.63) is 206 Å². The molecule has 0 bridgehead atoms. The maximum atomic E-state index is 5.12. The van der Waals surface area contributed by atoms with Crippen LogP contribution in [0, 0.1) is 0 Å². The van der Waals surface area contributed by atoms with Gasteiger partial charge in [0.25, 0.3) is 0 Å². The quantitative estimate of drug-likeness (QED) is 0.166. The van der Waals surface area contributed by atoms with Crippen LogP contribution in [0.15, 0.2) is 206 Å². The molecule has 0 fully saturated rings. The van der Waals surface area contributed by atoms with Crippen LogP contribution in [0.25, 0.3) is 143 Å². The van der Waals surface area contributed by atoms with Gasteiger partial charge in [-0.2, -0.15) is 0 Å². The maximum absolute atomic E-state index is 5.12. The van der Waals surface area contributed by atoms with Gasteiger partial charge < -0.3 is 0 Å². The van der Waals surface area contributed by atoms with E-state index in [9.17, 15) is 0 Å². The Balaban J connectivity index is 1.01. The first-order chi connectivity index (χ1) is 30.8. The van der Waals surface area contributed by atoms with Gasteiger partial charge in [-0.15, -0.1) is 0 Å². The molecule has 0 N–H and O–H groups in total. The highest BCUT2D eigenvalue weighted by atomic mass is 14.8. The van der Waals surface area contributed by atoms with E-state index in [1.165, 1.54) is 121 Å². The number of benzene rings is 11. The fourth-order valence-corrected chi connectivity index (χ4v) is 10.9. The van der Waals surface area contributed by atoms with Crippen LogP contribution in [0.4, 0.5) is 0 Å². The Kier molecular flexibility index (Phi) is 6.86. The van der Waals surface area contributed by atoms with E-state index >= 15 is 0 Å². The Labute approximate surface area is 358 Å². The first-order valence-corrected chi connectivity index (χ1v) is 21.4. The Morgan fingerprint density at radius 3 is 1.37 bits per heavy atom. The summed E-state index contributed by atoms with van der Waals surface area (Å²) in [6.45, 7) is 0. The number of aromatic nitrogens is 2. The molecule has 0 saturated heterocycles. The molecule has 0 saturated carbocycles. The highest BCUT2D eigenvalue weighted by Gasteiger charge is 2.26. The summed E-state index contributed by atoms with van der Waals surface area (Å²) in [5.41, 5.74) is 21.5. The lowest BCUT2D eigenvalue weighted by molar-refractivity contribution is 1.29. The molecule has 0 unspecified atom stereocenters. The second kappa shape index (κ2) is 12.7. The third-order valence-corrected chi connectivity index (χ3v) is 13.6. The monoisotopic (exact) mass is 782 g/mol. The van der Waals surface area contributed by atoms with Crippen molar-refractivity contribution >= 4 is 54.1 Å². The second-order valence-electron chi connectivity index (χ2n) is 16.7. The Morgan fingerprint density at radius 1 is 0.258 bits per heavy atom. The van der Waals surface area contributed by atoms with Crippen molar-refractivity contribution in [2.75, 3.05) is 0 Å². The van der Waals surface area contributed by atoms with E-state index in [4.69, 9.17) is 9.97 Å². The van der Waals surface area contributed by atoms with Gasteiger partial charge in [0.1, 0.15) is 0 Å². The average molecular weight is 783 g/mol. The summed E-state index contributed by atoms with van der Waals surface area (Å²) in [7, 11) is 0. The smallest absolute Gasteiger partial charge is 0.0894 e. The first kappa shape index (κ1) is 33.6. The van der Waals surface area contributed by atoms with Crippen molar-refractivity contribution in [1.82, 2.24) is 9.97 Å². The second-order valence-corrected chi connectivity index (χ2v) is 16.7. The topological polar surface area (TPSA) is 25.8 Å². The zero-order valence-corrected chi connectivity index (χ0v) is 33.5. The number of nitrogens with zero attached hydrogens (tertiary/aromatic N) is 2. The summed E-state index contributed by atoms with van der Waals surface area (Å²) in [5.74, 6) is 0. The highest BCUT2D eigenvalue weighted by Crippen LogP contribution is 2.53. The number of para-hydroxylation sites is 2. The Morgan fingerprint density at radius 2 is 0.710 bits per heavy atom. The van der Waals surface area contributed by atoms with Crippen molar-refractivity contribution in [1.29, 1.82) is 0 Å². The van der Waals surface area contributed by atoms with E-state index < -0.39 is 0 Å². The lowest BCUT2D eigenvalue weighted by atomic mass is 9.83. The average Bonchev–Trinajstić information content (AvgIpc) is 3.85. The Hall–Kier alpha value is -8.20. The summed E-state index contributed by atoms with van der Waals surface area (Å²) in [5, 5.41) is 10.1. The standard InChI is InChI=1S/C60H34N2/c1-3-13-41-39(11-1)44-18-9-17-43-38(29-30-49(41)58(43)44)35-23-25-36(26-24-35)57-46-15-5-6-16-47(46)60(51-32-31-50-42-14-4-2-12-40(42)45-19-10-20-48(51)59(45)50)52-28-27-37(33-53(52)57)56-34-61-54-21-7-8-22-55(54)62-56/h1-34H. The van der Waals surface area contributed by atoms with Crippen LogP contribution < -0.4 is 0 Å². The molecule has 0 radical (unpaired) electrons. The summed E-state index contributed by atoms with van der Waals surface area (Å²) in [4.78, 5) is 9.95. The van der Waals surface area contributed by atoms with Crippen molar-refractivity contribution in [2.24, 2.45) is 0 Å². The van der Waals surface area contributed by atoms with Crippen LogP contribution in [0.3, 0.4) is 0 Å². The van der Waals surface area contributed by atoms with E-state index in [1.54, 1.807) is 0 Å². The Bertz CT molecular complexity index is 3860. The molecule has 0 amide bonds. The van der Waals surface area contributed by atoms with E-state index in [-0.39, 0.29) is 0 Å². The molecule has 2 heteroatoms. The summed E-state index contributed by atoms with van der Waals surface area (Å²) >= 11 is 0. The SMILES string of the molecule is c1ccc2c(c1)-c1cccc3c(-c4ccc(-c5c6ccccc6c(-c6ccc7c8c(cccc68)-c6ccccc6-7)c6ccc(-c7cnc8ccccc8n7)cc56)cc4)ccc-2c13. The number of fused-ring (bicyclic) bond motifs is 9. The van der Waals surface area contributed by atoms with Gasteiger partial charge in [-0.05, 0) is 139 Å². The van der Waals surface area contributed by atoms with Gasteiger partial charge in [0, 0.05) is 5.56 Å². The molecule has 1 heterocycles. The fraction of sp³-hybridized carbons (Fsp3) is 0. The van der Waals surface area contributed by atoms with Crippen LogP contribution in [0.1, 0.15) is 0 Å². The van der Waals surface area contributed by atoms with E-state index in [2.05, 4.69) is 176 Å². The van der Waals surface area contributed by atoms with E-state index in [1.807, 2.05) is 30.5 Å². The zero-order valence-electron chi connectivity index (χ0n) is 33.5. The molecular formula is C60H34N2. The minimum Gasteiger partial charge on any atom is -0.252 e. The van der Waals surface area contributed by atoms with Gasteiger partial charge >= 0.3 is 0 Å².